The summed E-state index contributed by atoms with van der Waals surface area (Å²) in [6.45, 7) is 0.398. The topological polar surface area (TPSA) is 144 Å². The lowest BCUT2D eigenvalue weighted by Gasteiger charge is -2.08. The largest absolute Gasteiger partial charge is 0.478 e. The molecule has 3 aromatic heterocycles. The molecule has 0 unspecified atom stereocenters. The molecule has 3 rings (SSSR count). The summed E-state index contributed by atoms with van der Waals surface area (Å²) in [5.41, 5.74) is 0.520. The maximum absolute atomic E-state index is 12.4. The van der Waals surface area contributed by atoms with Gasteiger partial charge in [0.05, 0.1) is 36.5 Å². The number of aromatic nitrogens is 4. The summed E-state index contributed by atoms with van der Waals surface area (Å²) in [5.74, 6) is -1.26. The maximum atomic E-state index is 12.4. The Bertz CT molecular complexity index is 988. The average Bonchev–Trinajstić information content (AvgIpc) is 3.40. The van der Waals surface area contributed by atoms with E-state index < -0.39 is 11.9 Å². The van der Waals surface area contributed by atoms with Crippen LogP contribution in [0.5, 0.6) is 0 Å². The van der Waals surface area contributed by atoms with Crippen molar-refractivity contribution < 1.29 is 23.9 Å². The van der Waals surface area contributed by atoms with Crippen LogP contribution in [0.2, 0.25) is 0 Å². The van der Waals surface area contributed by atoms with Gasteiger partial charge in [-0.3, -0.25) is 19.0 Å². The highest BCUT2D eigenvalue weighted by atomic mass is 16.4. The monoisotopic (exact) mass is 386 g/mol. The molecule has 0 aromatic carbocycles. The van der Waals surface area contributed by atoms with Crippen molar-refractivity contribution in [2.75, 3.05) is 5.32 Å². The Balaban J connectivity index is 1.58. The van der Waals surface area contributed by atoms with Gasteiger partial charge in [0.15, 0.2) is 0 Å². The first-order valence-electron chi connectivity index (χ1n) is 8.32. The minimum Gasteiger partial charge on any atom is -0.478 e. The van der Waals surface area contributed by atoms with Crippen molar-refractivity contribution in [3.8, 4) is 0 Å². The summed E-state index contributed by atoms with van der Waals surface area (Å²) in [6, 6.07) is 3.45. The number of carboxylic acid groups (broad SMARTS) is 1. The number of nitrogens with zero attached hydrogens (tertiary/aromatic N) is 4. The summed E-state index contributed by atoms with van der Waals surface area (Å²) in [5, 5.41) is 22.1. The van der Waals surface area contributed by atoms with Crippen molar-refractivity contribution in [2.24, 2.45) is 7.05 Å². The van der Waals surface area contributed by atoms with Gasteiger partial charge in [0.1, 0.15) is 11.5 Å². The zero-order chi connectivity index (χ0) is 20.1. The molecule has 3 heterocycles. The summed E-state index contributed by atoms with van der Waals surface area (Å²) in [6.07, 6.45) is 5.49. The number of hydrogen-bond acceptors (Lipinski definition) is 6. The second kappa shape index (κ2) is 8.20. The molecule has 0 saturated carbocycles. The van der Waals surface area contributed by atoms with Gasteiger partial charge in [-0.05, 0) is 12.1 Å². The molecular formula is C17H18N6O5. The number of aryl methyl sites for hydroxylation is 2. The molecule has 11 heteroatoms. The maximum Gasteiger partial charge on any atom is 0.338 e. The van der Waals surface area contributed by atoms with E-state index in [4.69, 9.17) is 9.52 Å². The number of nitrogens with one attached hydrogen (secondary N) is 2. The number of carbonyl (C=O) groups is 3. The first kappa shape index (κ1) is 18.9. The number of anilines is 1. The minimum absolute atomic E-state index is 0.0446. The average molecular weight is 386 g/mol. The van der Waals surface area contributed by atoms with Crippen molar-refractivity contribution in [2.45, 2.75) is 19.5 Å². The Kier molecular flexibility index (Phi) is 5.53. The van der Waals surface area contributed by atoms with Crippen molar-refractivity contribution >= 4 is 23.5 Å². The van der Waals surface area contributed by atoms with Gasteiger partial charge in [-0.1, -0.05) is 0 Å². The van der Waals surface area contributed by atoms with Gasteiger partial charge in [0.25, 0.3) is 5.91 Å². The molecule has 0 spiro atoms. The van der Waals surface area contributed by atoms with Crippen molar-refractivity contribution in [1.29, 1.82) is 0 Å². The molecule has 0 aliphatic carbocycles. The van der Waals surface area contributed by atoms with Crippen LogP contribution < -0.4 is 10.6 Å². The third-order valence-electron chi connectivity index (χ3n) is 3.88. The highest BCUT2D eigenvalue weighted by molar-refractivity contribution is 6.02. The van der Waals surface area contributed by atoms with Crippen LogP contribution in [0, 0.1) is 0 Å². The van der Waals surface area contributed by atoms with Crippen LogP contribution >= 0.6 is 0 Å². The van der Waals surface area contributed by atoms with E-state index >= 15 is 0 Å². The van der Waals surface area contributed by atoms with Crippen LogP contribution in [0.4, 0.5) is 5.69 Å². The Morgan fingerprint density at radius 2 is 2.07 bits per heavy atom. The first-order chi connectivity index (χ1) is 13.4. The first-order valence-corrected chi connectivity index (χ1v) is 8.32. The summed E-state index contributed by atoms with van der Waals surface area (Å²) in [4.78, 5) is 35.5. The van der Waals surface area contributed by atoms with E-state index in [-0.39, 0.29) is 42.4 Å². The van der Waals surface area contributed by atoms with Gasteiger partial charge in [-0.15, -0.1) is 0 Å². The summed E-state index contributed by atoms with van der Waals surface area (Å²) in [7, 11) is 1.59. The molecule has 2 amide bonds. The van der Waals surface area contributed by atoms with Crippen LogP contribution in [-0.4, -0.2) is 42.5 Å². The molecule has 0 aliphatic rings. The molecule has 28 heavy (non-hydrogen) atoms. The lowest BCUT2D eigenvalue weighted by atomic mass is 10.3. The molecule has 0 atom stereocenters. The molecule has 0 fully saturated rings. The highest BCUT2D eigenvalue weighted by Crippen LogP contribution is 2.15. The van der Waals surface area contributed by atoms with Crippen molar-refractivity contribution in [3.63, 3.8) is 0 Å². The number of rotatable bonds is 8. The van der Waals surface area contributed by atoms with E-state index in [1.807, 2.05) is 0 Å². The summed E-state index contributed by atoms with van der Waals surface area (Å²) >= 11 is 0. The normalized spacial score (nSPS) is 10.6. The molecule has 3 aromatic rings. The molecular weight excluding hydrogens is 368 g/mol. The second-order valence-corrected chi connectivity index (χ2v) is 5.89. The van der Waals surface area contributed by atoms with Gasteiger partial charge >= 0.3 is 5.97 Å². The number of furan rings is 1. The number of carboxylic acids is 1. The SMILES string of the molecule is Cn1ncc(NC(=O)CCn2cc(C(=O)O)cn2)c1C(=O)NCc1ccco1. The predicted molar refractivity (Wildman–Crippen MR) is 95.5 cm³/mol. The number of carbonyl (C=O) groups excluding carboxylic acids is 2. The minimum atomic E-state index is -1.09. The third kappa shape index (κ3) is 4.44. The zero-order valence-electron chi connectivity index (χ0n) is 15.0. The van der Waals surface area contributed by atoms with Gasteiger partial charge < -0.3 is 20.2 Å². The van der Waals surface area contributed by atoms with E-state index in [0.29, 0.717) is 5.76 Å². The van der Waals surface area contributed by atoms with E-state index in [1.54, 1.807) is 19.2 Å². The number of amides is 2. The van der Waals surface area contributed by atoms with E-state index in [0.717, 1.165) is 0 Å². The smallest absolute Gasteiger partial charge is 0.338 e. The molecule has 146 valence electrons. The van der Waals surface area contributed by atoms with Gasteiger partial charge in [0, 0.05) is 26.2 Å². The Morgan fingerprint density at radius 1 is 1.25 bits per heavy atom. The highest BCUT2D eigenvalue weighted by Gasteiger charge is 2.19. The quantitative estimate of drug-likeness (QED) is 0.521. The van der Waals surface area contributed by atoms with Crippen molar-refractivity contribution in [1.82, 2.24) is 24.9 Å². The zero-order valence-corrected chi connectivity index (χ0v) is 15.0. The van der Waals surface area contributed by atoms with Crippen LogP contribution in [0.15, 0.2) is 41.4 Å². The van der Waals surface area contributed by atoms with E-state index in [1.165, 1.54) is 34.2 Å². The lowest BCUT2D eigenvalue weighted by Crippen LogP contribution is -2.26. The van der Waals surface area contributed by atoms with Gasteiger partial charge in [-0.2, -0.15) is 10.2 Å². The molecule has 0 radical (unpaired) electrons. The van der Waals surface area contributed by atoms with Gasteiger partial charge in [-0.25, -0.2) is 4.79 Å². The standard InChI is InChI=1S/C17H18N6O5/c1-22-15(16(25)18-8-12-3-2-6-28-12)13(9-19-22)21-14(24)4-5-23-10-11(7-20-23)17(26)27/h2-3,6-7,9-10H,4-5,8H2,1H3,(H,18,25)(H,21,24)(H,26,27). The predicted octanol–water partition coefficient (Wildman–Crippen LogP) is 0.867. The molecule has 0 bridgehead atoms. The van der Waals surface area contributed by atoms with Crippen LogP contribution in [0.1, 0.15) is 33.0 Å². The van der Waals surface area contributed by atoms with Crippen molar-refractivity contribution in [3.05, 3.63) is 54.0 Å². The second-order valence-electron chi connectivity index (χ2n) is 5.89. The van der Waals surface area contributed by atoms with Crippen LogP contribution in [0.25, 0.3) is 0 Å². The fourth-order valence-electron chi connectivity index (χ4n) is 2.49. The van der Waals surface area contributed by atoms with E-state index in [2.05, 4.69) is 20.8 Å². The third-order valence-corrected chi connectivity index (χ3v) is 3.88. The summed E-state index contributed by atoms with van der Waals surface area (Å²) < 4.78 is 7.89. The van der Waals surface area contributed by atoms with Crippen LogP contribution in [-0.2, 0) is 24.9 Å². The van der Waals surface area contributed by atoms with Gasteiger partial charge in [0.2, 0.25) is 5.91 Å². The fraction of sp³-hybridized carbons (Fsp3) is 0.235. The fourth-order valence-corrected chi connectivity index (χ4v) is 2.49. The molecule has 0 aliphatic heterocycles. The van der Waals surface area contributed by atoms with Crippen LogP contribution in [0.3, 0.4) is 0 Å². The Labute approximate surface area is 158 Å². The molecule has 3 N–H and O–H groups in total. The number of aromatic carboxylic acids is 1. The molecule has 11 nitrogen and oxygen atoms in total. The molecule has 0 saturated heterocycles. The number of hydrogen-bond donors (Lipinski definition) is 3. The van der Waals surface area contributed by atoms with E-state index in [9.17, 15) is 14.4 Å². The Morgan fingerprint density at radius 3 is 2.75 bits per heavy atom. The Hall–Kier alpha value is -3.89. The lowest BCUT2D eigenvalue weighted by molar-refractivity contribution is -0.116.